The van der Waals surface area contributed by atoms with Gasteiger partial charge < -0.3 is 10.2 Å². The van der Waals surface area contributed by atoms with Crippen molar-refractivity contribution >= 4 is 17.5 Å². The third-order valence-corrected chi connectivity index (χ3v) is 4.22. The fourth-order valence-corrected chi connectivity index (χ4v) is 3.08. The number of fused-ring (bicyclic) bond motifs is 1. The molecule has 1 unspecified atom stereocenters. The van der Waals surface area contributed by atoms with E-state index in [0.29, 0.717) is 5.56 Å². The highest BCUT2D eigenvalue weighted by molar-refractivity contribution is 5.99. The van der Waals surface area contributed by atoms with E-state index in [9.17, 15) is 14.0 Å². The molecule has 0 aliphatic carbocycles. The smallest absolute Gasteiger partial charge is 0.246 e. The van der Waals surface area contributed by atoms with Gasteiger partial charge in [-0.2, -0.15) is 0 Å². The minimum absolute atomic E-state index is 0.0679. The first-order valence-corrected chi connectivity index (χ1v) is 7.96. The van der Waals surface area contributed by atoms with Crippen LogP contribution in [0.2, 0.25) is 0 Å². The summed E-state index contributed by atoms with van der Waals surface area (Å²) in [5.41, 5.74) is 2.36. The largest absolute Gasteiger partial charge is 0.347 e. The second-order valence-electron chi connectivity index (χ2n) is 5.99. The maximum atomic E-state index is 13.6. The molecule has 1 aliphatic rings. The summed E-state index contributed by atoms with van der Waals surface area (Å²) in [6, 6.07) is 14.0. The second-order valence-corrected chi connectivity index (χ2v) is 5.99. The summed E-state index contributed by atoms with van der Waals surface area (Å²) in [4.78, 5) is 26.2. The van der Waals surface area contributed by atoms with Gasteiger partial charge in [0.05, 0.1) is 13.0 Å². The molecule has 2 amide bonds. The van der Waals surface area contributed by atoms with Crippen LogP contribution in [0, 0.1) is 5.82 Å². The summed E-state index contributed by atoms with van der Waals surface area (Å²) >= 11 is 0. The van der Waals surface area contributed by atoms with Crippen LogP contribution in [0.1, 0.15) is 18.1 Å². The van der Waals surface area contributed by atoms with Gasteiger partial charge >= 0.3 is 0 Å². The Balaban J connectivity index is 1.60. The predicted molar refractivity (Wildman–Crippen MR) is 90.2 cm³/mol. The van der Waals surface area contributed by atoms with Crippen LogP contribution in [0.25, 0.3) is 0 Å². The van der Waals surface area contributed by atoms with Crippen molar-refractivity contribution in [2.24, 2.45) is 0 Å². The Morgan fingerprint density at radius 1 is 1.17 bits per heavy atom. The molecule has 0 saturated heterocycles. The molecule has 1 aliphatic heterocycles. The number of carbonyl (C=O) groups excluding carboxylic acids is 2. The molecule has 1 heterocycles. The molecule has 0 aromatic heterocycles. The van der Waals surface area contributed by atoms with Crippen LogP contribution in [0.3, 0.4) is 0 Å². The Labute approximate surface area is 140 Å². The number of para-hydroxylation sites is 1. The van der Waals surface area contributed by atoms with E-state index in [0.717, 1.165) is 17.7 Å². The first kappa shape index (κ1) is 16.2. The van der Waals surface area contributed by atoms with Crippen LogP contribution in [0.5, 0.6) is 0 Å². The first-order chi connectivity index (χ1) is 11.6. The number of hydrogen-bond donors (Lipinski definition) is 1. The van der Waals surface area contributed by atoms with Crippen molar-refractivity contribution in [1.82, 2.24) is 5.32 Å². The average molecular weight is 326 g/mol. The number of anilines is 1. The lowest BCUT2D eigenvalue weighted by Crippen LogP contribution is -2.43. The van der Waals surface area contributed by atoms with Crippen molar-refractivity contribution in [1.29, 1.82) is 0 Å². The fourth-order valence-electron chi connectivity index (χ4n) is 3.08. The Kier molecular flexibility index (Phi) is 4.60. The lowest BCUT2D eigenvalue weighted by atomic mass is 10.1. The van der Waals surface area contributed by atoms with Crippen LogP contribution in [-0.4, -0.2) is 24.4 Å². The van der Waals surface area contributed by atoms with Crippen molar-refractivity contribution in [3.63, 3.8) is 0 Å². The fraction of sp³-hybridized carbons (Fsp3) is 0.263. The molecule has 0 spiro atoms. The van der Waals surface area contributed by atoms with Gasteiger partial charge in [0.2, 0.25) is 11.8 Å². The molecule has 2 aromatic carbocycles. The molecule has 5 heteroatoms. The van der Waals surface area contributed by atoms with Gasteiger partial charge in [-0.15, -0.1) is 0 Å². The Hall–Kier alpha value is -2.69. The van der Waals surface area contributed by atoms with Gasteiger partial charge in [0.25, 0.3) is 0 Å². The van der Waals surface area contributed by atoms with E-state index in [4.69, 9.17) is 0 Å². The zero-order chi connectivity index (χ0) is 17.1. The lowest BCUT2D eigenvalue weighted by molar-refractivity contribution is -0.124. The molecule has 1 atom stereocenters. The Bertz CT molecular complexity index is 775. The molecule has 0 saturated carbocycles. The minimum atomic E-state index is -0.416. The van der Waals surface area contributed by atoms with Crippen LogP contribution >= 0.6 is 0 Å². The summed E-state index contributed by atoms with van der Waals surface area (Å²) in [5, 5.41) is 2.59. The molecule has 124 valence electrons. The summed E-state index contributed by atoms with van der Waals surface area (Å²) in [6.45, 7) is 1.89. The van der Waals surface area contributed by atoms with Gasteiger partial charge in [0.1, 0.15) is 5.82 Å². The second kappa shape index (κ2) is 6.83. The highest BCUT2D eigenvalue weighted by atomic mass is 19.1. The van der Waals surface area contributed by atoms with Crippen LogP contribution in [0.4, 0.5) is 10.1 Å². The van der Waals surface area contributed by atoms with Crippen LogP contribution in [0.15, 0.2) is 48.5 Å². The highest BCUT2D eigenvalue weighted by Gasteiger charge is 2.30. The van der Waals surface area contributed by atoms with Gasteiger partial charge in [-0.1, -0.05) is 36.4 Å². The monoisotopic (exact) mass is 326 g/mol. The number of hydrogen-bond acceptors (Lipinski definition) is 2. The van der Waals surface area contributed by atoms with Gasteiger partial charge in [-0.25, -0.2) is 4.39 Å². The zero-order valence-corrected chi connectivity index (χ0v) is 13.5. The molecule has 0 radical (unpaired) electrons. The summed E-state index contributed by atoms with van der Waals surface area (Å²) in [5.74, 6) is -0.941. The topological polar surface area (TPSA) is 49.4 Å². The number of carbonyl (C=O) groups is 2. The molecule has 4 nitrogen and oxygen atoms in total. The van der Waals surface area contributed by atoms with Gasteiger partial charge in [0.15, 0.2) is 0 Å². The minimum Gasteiger partial charge on any atom is -0.347 e. The van der Waals surface area contributed by atoms with Gasteiger partial charge in [-0.3, -0.25) is 9.59 Å². The summed E-state index contributed by atoms with van der Waals surface area (Å²) in [7, 11) is 0. The van der Waals surface area contributed by atoms with Crippen LogP contribution in [-0.2, 0) is 22.4 Å². The number of halogens is 1. The standard InChI is InChI=1S/C19H19FN2O2/c1-13-10-15-7-3-5-9-17(15)22(13)19(24)12-21-18(23)11-14-6-2-4-8-16(14)20/h2-9,13H,10-12H2,1H3,(H,21,23). The number of amides is 2. The summed E-state index contributed by atoms with van der Waals surface area (Å²) < 4.78 is 13.6. The van der Waals surface area contributed by atoms with E-state index in [-0.39, 0.29) is 30.8 Å². The number of nitrogens with zero attached hydrogens (tertiary/aromatic N) is 1. The van der Waals surface area contributed by atoms with E-state index in [1.54, 1.807) is 23.1 Å². The van der Waals surface area contributed by atoms with Crippen molar-refractivity contribution < 1.29 is 14.0 Å². The van der Waals surface area contributed by atoms with Crippen molar-refractivity contribution in [2.75, 3.05) is 11.4 Å². The molecular formula is C19H19FN2O2. The maximum absolute atomic E-state index is 13.6. The van der Waals surface area contributed by atoms with E-state index in [2.05, 4.69) is 5.32 Å². The predicted octanol–water partition coefficient (Wildman–Crippen LogP) is 2.46. The number of nitrogens with one attached hydrogen (secondary N) is 1. The molecule has 0 bridgehead atoms. The van der Waals surface area contributed by atoms with Crippen molar-refractivity contribution in [3.8, 4) is 0 Å². The van der Waals surface area contributed by atoms with Gasteiger partial charge in [-0.05, 0) is 36.6 Å². The zero-order valence-electron chi connectivity index (χ0n) is 13.5. The highest BCUT2D eigenvalue weighted by Crippen LogP contribution is 2.31. The summed E-state index contributed by atoms with van der Waals surface area (Å²) in [6.07, 6.45) is 0.733. The van der Waals surface area contributed by atoms with Crippen molar-refractivity contribution in [3.05, 3.63) is 65.5 Å². The van der Waals surface area contributed by atoms with E-state index in [1.165, 1.54) is 6.07 Å². The number of benzene rings is 2. The van der Waals surface area contributed by atoms with Crippen LogP contribution < -0.4 is 10.2 Å². The molecule has 3 rings (SSSR count). The Morgan fingerprint density at radius 3 is 2.67 bits per heavy atom. The van der Waals surface area contributed by atoms with E-state index < -0.39 is 5.82 Å². The average Bonchev–Trinajstić information content (AvgIpc) is 2.90. The third kappa shape index (κ3) is 3.30. The molecular weight excluding hydrogens is 307 g/mol. The third-order valence-electron chi connectivity index (χ3n) is 4.22. The SMILES string of the molecule is CC1Cc2ccccc2N1C(=O)CNC(=O)Cc1ccccc1F. The number of rotatable bonds is 4. The molecule has 24 heavy (non-hydrogen) atoms. The molecule has 2 aromatic rings. The molecule has 0 fully saturated rings. The van der Waals surface area contributed by atoms with E-state index >= 15 is 0 Å². The lowest BCUT2D eigenvalue weighted by Gasteiger charge is -2.22. The maximum Gasteiger partial charge on any atom is 0.246 e. The van der Waals surface area contributed by atoms with Gasteiger partial charge in [0, 0.05) is 11.7 Å². The van der Waals surface area contributed by atoms with E-state index in [1.807, 2.05) is 31.2 Å². The first-order valence-electron chi connectivity index (χ1n) is 7.96. The Morgan fingerprint density at radius 2 is 1.88 bits per heavy atom. The quantitative estimate of drug-likeness (QED) is 0.938. The van der Waals surface area contributed by atoms with Crippen molar-refractivity contribution in [2.45, 2.75) is 25.8 Å². The molecule has 1 N–H and O–H groups in total. The normalized spacial score (nSPS) is 15.9.